The average Bonchev–Trinajstić information content (AvgIpc) is 3.31. The Morgan fingerprint density at radius 1 is 1.30 bits per heavy atom. The summed E-state index contributed by atoms with van der Waals surface area (Å²) in [5, 5.41) is 0. The van der Waals surface area contributed by atoms with Crippen molar-refractivity contribution in [1.29, 1.82) is 0 Å². The van der Waals surface area contributed by atoms with Crippen molar-refractivity contribution in [1.82, 2.24) is 29.4 Å². The fourth-order valence-electron chi connectivity index (χ4n) is 3.04. The number of amides is 1. The largest absolute Gasteiger partial charge is 0.397 e. The minimum atomic E-state index is -0.265. The molecule has 0 aromatic carbocycles. The maximum absolute atomic E-state index is 11.6. The Morgan fingerprint density at radius 3 is 2.67 bits per heavy atom. The second kappa shape index (κ2) is 7.98. The van der Waals surface area contributed by atoms with Crippen molar-refractivity contribution in [3.05, 3.63) is 35.1 Å². The van der Waals surface area contributed by atoms with Crippen molar-refractivity contribution in [2.45, 2.75) is 26.2 Å². The molecule has 142 valence electrons. The second-order valence-electron chi connectivity index (χ2n) is 6.35. The number of aryl methyl sites for hydroxylation is 1. The fourth-order valence-corrected chi connectivity index (χ4v) is 3.04. The molecule has 1 aliphatic rings. The van der Waals surface area contributed by atoms with Crippen LogP contribution in [0.1, 0.15) is 26.2 Å². The van der Waals surface area contributed by atoms with E-state index in [0.29, 0.717) is 35.0 Å². The van der Waals surface area contributed by atoms with Crippen LogP contribution in [0.3, 0.4) is 0 Å². The first-order valence-electron chi connectivity index (χ1n) is 8.90. The molecule has 0 spiro atoms. The highest BCUT2D eigenvalue weighted by Gasteiger charge is 2.15. The molecule has 0 bridgehead atoms. The van der Waals surface area contributed by atoms with E-state index in [4.69, 9.17) is 5.73 Å². The van der Waals surface area contributed by atoms with Crippen LogP contribution in [0.15, 0.2) is 29.6 Å². The Balaban J connectivity index is 0.000000197. The monoisotopic (exact) mass is 369 g/mol. The first kappa shape index (κ1) is 18.6. The number of nitrogens with two attached hydrogens (primary N) is 1. The molecule has 0 atom stereocenters. The summed E-state index contributed by atoms with van der Waals surface area (Å²) in [6, 6.07) is 1.75. The van der Waals surface area contributed by atoms with Crippen molar-refractivity contribution < 1.29 is 4.79 Å². The molecule has 4 rings (SSSR count). The molecule has 1 saturated heterocycles. The molecule has 9 nitrogen and oxygen atoms in total. The number of nitrogens with zero attached hydrogens (tertiary/aromatic N) is 5. The number of nitrogens with one attached hydrogen (secondary N) is 1. The van der Waals surface area contributed by atoms with Gasteiger partial charge in [0.25, 0.3) is 5.56 Å². The summed E-state index contributed by atoms with van der Waals surface area (Å²) in [7, 11) is 1.79. The van der Waals surface area contributed by atoms with Gasteiger partial charge < -0.3 is 20.2 Å². The van der Waals surface area contributed by atoms with Crippen LogP contribution in [0.2, 0.25) is 0 Å². The number of hydrogen-bond acceptors (Lipinski definition) is 6. The number of pyridine rings is 1. The summed E-state index contributed by atoms with van der Waals surface area (Å²) in [5.74, 6) is 0.918. The van der Waals surface area contributed by atoms with Gasteiger partial charge in [-0.2, -0.15) is 0 Å². The molecule has 1 amide bonds. The van der Waals surface area contributed by atoms with E-state index in [1.54, 1.807) is 30.1 Å². The third-order valence-electron chi connectivity index (χ3n) is 4.44. The molecule has 3 N–H and O–H groups in total. The molecule has 27 heavy (non-hydrogen) atoms. The maximum Gasteiger partial charge on any atom is 0.278 e. The lowest BCUT2D eigenvalue weighted by molar-refractivity contribution is -0.129. The quantitative estimate of drug-likeness (QED) is 0.702. The zero-order chi connectivity index (χ0) is 19.4. The van der Waals surface area contributed by atoms with Gasteiger partial charge in [-0.25, -0.2) is 9.97 Å². The third-order valence-corrected chi connectivity index (χ3v) is 4.44. The number of hydrogen-bond donors (Lipinski definition) is 2. The fraction of sp³-hybridized carbons (Fsp3) is 0.389. The molecule has 1 fully saturated rings. The summed E-state index contributed by atoms with van der Waals surface area (Å²) < 4.78 is 1.74. The summed E-state index contributed by atoms with van der Waals surface area (Å²) in [5.41, 5.74) is 7.54. The van der Waals surface area contributed by atoms with Gasteiger partial charge >= 0.3 is 0 Å². The lowest BCUT2D eigenvalue weighted by Crippen LogP contribution is -2.26. The van der Waals surface area contributed by atoms with E-state index in [2.05, 4.69) is 19.9 Å². The van der Waals surface area contributed by atoms with Gasteiger partial charge in [-0.1, -0.05) is 6.92 Å². The van der Waals surface area contributed by atoms with Gasteiger partial charge in [0.1, 0.15) is 5.82 Å². The Bertz CT molecular complexity index is 1000. The van der Waals surface area contributed by atoms with Gasteiger partial charge in [-0.05, 0) is 18.9 Å². The lowest BCUT2D eigenvalue weighted by atomic mass is 10.2. The van der Waals surface area contributed by atoms with Gasteiger partial charge in [-0.15, -0.1) is 0 Å². The molecule has 3 aromatic heterocycles. The van der Waals surface area contributed by atoms with Gasteiger partial charge in [0.15, 0.2) is 11.2 Å². The summed E-state index contributed by atoms with van der Waals surface area (Å²) >= 11 is 0. The van der Waals surface area contributed by atoms with Gasteiger partial charge in [0.2, 0.25) is 5.91 Å². The zero-order valence-corrected chi connectivity index (χ0v) is 15.5. The smallest absolute Gasteiger partial charge is 0.278 e. The number of imidazole rings is 1. The van der Waals surface area contributed by atoms with Gasteiger partial charge in [0, 0.05) is 44.5 Å². The van der Waals surface area contributed by atoms with Gasteiger partial charge in [-0.3, -0.25) is 14.6 Å². The van der Waals surface area contributed by atoms with Crippen LogP contribution in [0, 0.1) is 0 Å². The molecule has 0 radical (unpaired) electrons. The Labute approximate surface area is 156 Å². The molecule has 1 aliphatic heterocycles. The van der Waals surface area contributed by atoms with Crippen LogP contribution in [0.4, 0.5) is 5.69 Å². The second-order valence-corrected chi connectivity index (χ2v) is 6.35. The molecule has 0 unspecified atom stereocenters. The van der Waals surface area contributed by atoms with Crippen LogP contribution in [0.25, 0.3) is 22.6 Å². The number of fused-ring (bicyclic) bond motifs is 1. The van der Waals surface area contributed by atoms with Crippen LogP contribution in [0.5, 0.6) is 0 Å². The summed E-state index contributed by atoms with van der Waals surface area (Å²) in [4.78, 5) is 39.4. The average molecular weight is 369 g/mol. The molecule has 3 aromatic rings. The van der Waals surface area contributed by atoms with Crippen molar-refractivity contribution in [3.63, 3.8) is 0 Å². The Morgan fingerprint density at radius 2 is 2.04 bits per heavy atom. The number of likely N-dealkylation sites (tertiary alicyclic amines) is 1. The topological polar surface area (TPSA) is 123 Å². The molecule has 0 saturated carbocycles. The number of carbonyl (C=O) groups excluding carboxylic acids is 1. The van der Waals surface area contributed by atoms with Crippen molar-refractivity contribution in [2.24, 2.45) is 7.05 Å². The maximum atomic E-state index is 11.6. The highest BCUT2D eigenvalue weighted by molar-refractivity contribution is 5.76. The van der Waals surface area contributed by atoms with Crippen LogP contribution in [-0.2, 0) is 11.8 Å². The number of carbonyl (C=O) groups is 1. The van der Waals surface area contributed by atoms with E-state index in [1.807, 2.05) is 11.8 Å². The van der Waals surface area contributed by atoms with E-state index in [0.717, 1.165) is 18.7 Å². The van der Waals surface area contributed by atoms with Crippen LogP contribution in [-0.4, -0.2) is 48.4 Å². The Kier molecular flexibility index (Phi) is 5.49. The van der Waals surface area contributed by atoms with E-state index in [1.165, 1.54) is 19.2 Å². The molecular weight excluding hydrogens is 346 g/mol. The first-order valence-corrected chi connectivity index (χ1v) is 8.90. The number of aromatic nitrogens is 5. The minimum absolute atomic E-state index is 0.265. The lowest BCUT2D eigenvalue weighted by Gasteiger charge is -2.12. The predicted octanol–water partition coefficient (Wildman–Crippen LogP) is 1.32. The van der Waals surface area contributed by atoms with Crippen molar-refractivity contribution >= 4 is 22.8 Å². The summed E-state index contributed by atoms with van der Waals surface area (Å²) in [6.07, 6.45) is 7.62. The van der Waals surface area contributed by atoms with Gasteiger partial charge in [0.05, 0.1) is 12.0 Å². The molecule has 9 heteroatoms. The number of anilines is 1. The number of nitrogen functional groups attached to an aromatic ring is 1. The first-order chi connectivity index (χ1) is 13.0. The normalized spacial score (nSPS) is 13.5. The van der Waals surface area contributed by atoms with E-state index >= 15 is 0 Å². The Hall–Kier alpha value is -3.23. The molecule has 0 aliphatic carbocycles. The highest BCUT2D eigenvalue weighted by Crippen LogP contribution is 2.21. The number of H-pyrrole nitrogens is 1. The molecule has 4 heterocycles. The van der Waals surface area contributed by atoms with E-state index in [-0.39, 0.29) is 5.56 Å². The standard InChI is InChI=1S/C11H10N6O.C7H13NO/c1-17-9(6-2-7(12)4-13-3-6)16-8-10(17)14-5-15-11(8)18;1-2-7(9)8-5-3-4-6-8/h2-5H,12H2,1H3,(H,14,15,18);2-6H2,1H3. The minimum Gasteiger partial charge on any atom is -0.397 e. The number of rotatable bonds is 2. The zero-order valence-electron chi connectivity index (χ0n) is 15.5. The van der Waals surface area contributed by atoms with E-state index in [9.17, 15) is 9.59 Å². The summed E-state index contributed by atoms with van der Waals surface area (Å²) in [6.45, 7) is 3.90. The molecular formula is C18H23N7O2. The highest BCUT2D eigenvalue weighted by atomic mass is 16.2. The number of aromatic amines is 1. The van der Waals surface area contributed by atoms with Crippen molar-refractivity contribution in [2.75, 3.05) is 18.8 Å². The van der Waals surface area contributed by atoms with Crippen molar-refractivity contribution in [3.8, 4) is 11.4 Å². The van der Waals surface area contributed by atoms with Crippen LogP contribution >= 0.6 is 0 Å². The SMILES string of the molecule is CCC(=O)N1CCCC1.Cn1c(-c2cncc(N)c2)nc2c(=O)[nH]cnc21. The third kappa shape index (κ3) is 3.97. The van der Waals surface area contributed by atoms with E-state index < -0.39 is 0 Å². The van der Waals surface area contributed by atoms with Crippen LogP contribution < -0.4 is 11.3 Å². The predicted molar refractivity (Wildman–Crippen MR) is 103 cm³/mol.